The summed E-state index contributed by atoms with van der Waals surface area (Å²) in [4.78, 5) is 11.3. The van der Waals surface area contributed by atoms with E-state index in [2.05, 4.69) is 27.2 Å². The predicted molar refractivity (Wildman–Crippen MR) is 76.9 cm³/mol. The van der Waals surface area contributed by atoms with E-state index in [1.165, 1.54) is 38.5 Å². The number of hydrazine groups is 1. The van der Waals surface area contributed by atoms with Crippen molar-refractivity contribution >= 4 is 11.8 Å². The average Bonchev–Trinajstić information content (AvgIpc) is 2.47. The summed E-state index contributed by atoms with van der Waals surface area (Å²) >= 11 is 0. The summed E-state index contributed by atoms with van der Waals surface area (Å²) < 4.78 is 0. The molecule has 0 unspecified atom stereocenters. The number of nitrogens with two attached hydrogens (primary N) is 1. The molecular weight excluding hydrogens is 238 g/mol. The molecule has 0 spiro atoms. The van der Waals surface area contributed by atoms with E-state index in [4.69, 9.17) is 5.84 Å². The van der Waals surface area contributed by atoms with Gasteiger partial charge in [-0.15, -0.1) is 0 Å². The van der Waals surface area contributed by atoms with E-state index in [-0.39, 0.29) is 0 Å². The van der Waals surface area contributed by atoms with Crippen LogP contribution in [0.5, 0.6) is 0 Å². The minimum atomic E-state index is 0.513. The van der Waals surface area contributed by atoms with E-state index in [0.717, 1.165) is 23.8 Å². The molecule has 5 heteroatoms. The number of anilines is 2. The third kappa shape index (κ3) is 2.39. The molecule has 1 saturated heterocycles. The Hall–Kier alpha value is -1.36. The molecule has 0 aromatic carbocycles. The third-order valence-electron chi connectivity index (χ3n) is 4.59. The molecule has 2 fully saturated rings. The number of fused-ring (bicyclic) bond motifs is 1. The highest BCUT2D eigenvalue weighted by Gasteiger charge is 2.34. The molecule has 0 radical (unpaired) electrons. The summed E-state index contributed by atoms with van der Waals surface area (Å²) in [6, 6.07) is 0.668. The molecule has 104 valence electrons. The van der Waals surface area contributed by atoms with Crippen LogP contribution in [0.15, 0.2) is 6.20 Å². The van der Waals surface area contributed by atoms with E-state index >= 15 is 0 Å². The van der Waals surface area contributed by atoms with Crippen LogP contribution in [0.2, 0.25) is 0 Å². The molecular formula is C14H23N5. The maximum absolute atomic E-state index is 5.44. The Kier molecular flexibility index (Phi) is 3.55. The Morgan fingerprint density at radius 3 is 2.89 bits per heavy atom. The smallest absolute Gasteiger partial charge is 0.239 e. The van der Waals surface area contributed by atoms with Crippen LogP contribution in [-0.2, 0) is 0 Å². The first-order valence-electron chi connectivity index (χ1n) is 7.36. The molecule has 0 bridgehead atoms. The first-order chi connectivity index (χ1) is 9.29. The minimum absolute atomic E-state index is 0.513. The van der Waals surface area contributed by atoms with Gasteiger partial charge in [0, 0.05) is 24.3 Å². The number of hydrogen-bond acceptors (Lipinski definition) is 5. The van der Waals surface area contributed by atoms with Crippen molar-refractivity contribution in [2.75, 3.05) is 16.9 Å². The molecule has 2 heterocycles. The zero-order chi connectivity index (χ0) is 13.2. The van der Waals surface area contributed by atoms with Gasteiger partial charge in [-0.3, -0.25) is 5.43 Å². The van der Waals surface area contributed by atoms with Crippen LogP contribution in [0.3, 0.4) is 0 Å². The molecule has 1 aliphatic carbocycles. The lowest BCUT2D eigenvalue weighted by atomic mass is 9.78. The summed E-state index contributed by atoms with van der Waals surface area (Å²) in [6.07, 6.45) is 9.96. The molecule has 19 heavy (non-hydrogen) atoms. The topological polar surface area (TPSA) is 67.1 Å². The highest BCUT2D eigenvalue weighted by Crippen LogP contribution is 2.38. The Labute approximate surface area is 114 Å². The van der Waals surface area contributed by atoms with Gasteiger partial charge in [0.1, 0.15) is 5.82 Å². The molecule has 2 atom stereocenters. The summed E-state index contributed by atoms with van der Waals surface area (Å²) in [6.45, 7) is 3.20. The largest absolute Gasteiger partial charge is 0.353 e. The number of piperidine rings is 1. The van der Waals surface area contributed by atoms with Crippen LogP contribution in [0.1, 0.15) is 44.1 Å². The molecule has 3 N–H and O–H groups in total. The Bertz CT molecular complexity index is 445. The van der Waals surface area contributed by atoms with E-state index in [0.29, 0.717) is 12.0 Å². The second-order valence-corrected chi connectivity index (χ2v) is 5.79. The lowest BCUT2D eigenvalue weighted by Gasteiger charge is -2.45. The molecule has 3 rings (SSSR count). The lowest BCUT2D eigenvalue weighted by molar-refractivity contribution is 0.242. The summed E-state index contributed by atoms with van der Waals surface area (Å²) in [7, 11) is 0. The molecule has 1 aromatic rings. The zero-order valence-electron chi connectivity index (χ0n) is 11.6. The van der Waals surface area contributed by atoms with Gasteiger partial charge in [0.25, 0.3) is 0 Å². The summed E-state index contributed by atoms with van der Waals surface area (Å²) in [5, 5.41) is 0. The maximum atomic E-state index is 5.44. The van der Waals surface area contributed by atoms with Crippen LogP contribution >= 0.6 is 0 Å². The number of hydrogen-bond donors (Lipinski definition) is 2. The van der Waals surface area contributed by atoms with Crippen molar-refractivity contribution in [3.8, 4) is 0 Å². The molecule has 1 saturated carbocycles. The number of aromatic nitrogens is 2. The molecule has 5 nitrogen and oxygen atoms in total. The fourth-order valence-corrected chi connectivity index (χ4v) is 3.68. The van der Waals surface area contributed by atoms with Gasteiger partial charge in [0.2, 0.25) is 5.95 Å². The Morgan fingerprint density at radius 2 is 2.05 bits per heavy atom. The SMILES string of the molecule is Cc1cnc(NN)nc1N1CCC[C@H]2CCCC[C@H]21. The normalized spacial score (nSPS) is 26.9. The predicted octanol–water partition coefficient (Wildman–Crippen LogP) is 2.23. The second-order valence-electron chi connectivity index (χ2n) is 5.79. The monoisotopic (exact) mass is 261 g/mol. The van der Waals surface area contributed by atoms with E-state index in [9.17, 15) is 0 Å². The van der Waals surface area contributed by atoms with Crippen molar-refractivity contribution in [1.29, 1.82) is 0 Å². The van der Waals surface area contributed by atoms with Gasteiger partial charge < -0.3 is 4.90 Å². The fourth-order valence-electron chi connectivity index (χ4n) is 3.68. The Balaban J connectivity index is 1.91. The van der Waals surface area contributed by atoms with E-state index < -0.39 is 0 Å². The molecule has 1 aliphatic heterocycles. The second kappa shape index (κ2) is 5.33. The number of nitrogens with zero attached hydrogens (tertiary/aromatic N) is 3. The van der Waals surface area contributed by atoms with Gasteiger partial charge in [0.15, 0.2) is 0 Å². The highest BCUT2D eigenvalue weighted by atomic mass is 15.3. The van der Waals surface area contributed by atoms with Crippen LogP contribution in [0, 0.1) is 12.8 Å². The van der Waals surface area contributed by atoms with Crippen molar-refractivity contribution in [3.05, 3.63) is 11.8 Å². The van der Waals surface area contributed by atoms with Crippen LogP contribution in [-0.4, -0.2) is 22.6 Å². The van der Waals surface area contributed by atoms with Crippen molar-refractivity contribution in [3.63, 3.8) is 0 Å². The van der Waals surface area contributed by atoms with Crippen LogP contribution in [0.25, 0.3) is 0 Å². The maximum Gasteiger partial charge on any atom is 0.239 e. The Morgan fingerprint density at radius 1 is 1.26 bits per heavy atom. The number of rotatable bonds is 2. The number of aryl methyl sites for hydroxylation is 1. The lowest BCUT2D eigenvalue weighted by Crippen LogP contribution is -2.47. The molecule has 2 aliphatic rings. The highest BCUT2D eigenvalue weighted by molar-refractivity contribution is 5.50. The van der Waals surface area contributed by atoms with Gasteiger partial charge >= 0.3 is 0 Å². The quantitative estimate of drug-likeness (QED) is 0.631. The summed E-state index contributed by atoms with van der Waals surface area (Å²) in [5.41, 5.74) is 3.70. The van der Waals surface area contributed by atoms with E-state index in [1.54, 1.807) is 0 Å². The van der Waals surface area contributed by atoms with Gasteiger partial charge in [-0.1, -0.05) is 12.8 Å². The van der Waals surface area contributed by atoms with Crippen molar-refractivity contribution < 1.29 is 0 Å². The molecule has 1 aromatic heterocycles. The van der Waals surface area contributed by atoms with E-state index in [1.807, 2.05) is 6.20 Å². The number of nitrogen functional groups attached to an aromatic ring is 1. The van der Waals surface area contributed by atoms with Crippen molar-refractivity contribution in [2.24, 2.45) is 11.8 Å². The van der Waals surface area contributed by atoms with Crippen molar-refractivity contribution in [2.45, 2.75) is 51.5 Å². The summed E-state index contributed by atoms with van der Waals surface area (Å²) in [5.74, 6) is 7.87. The average molecular weight is 261 g/mol. The van der Waals surface area contributed by atoms with Gasteiger partial charge in [-0.05, 0) is 38.5 Å². The van der Waals surface area contributed by atoms with Crippen LogP contribution < -0.4 is 16.2 Å². The zero-order valence-corrected chi connectivity index (χ0v) is 11.6. The number of nitrogens with one attached hydrogen (secondary N) is 1. The first kappa shape index (κ1) is 12.7. The standard InChI is InChI=1S/C14H23N5/c1-10-9-16-14(18-15)17-13(10)19-8-4-6-11-5-2-3-7-12(11)19/h9,11-12H,2-8,15H2,1H3,(H,16,17,18)/t11-,12-/m1/s1. The minimum Gasteiger partial charge on any atom is -0.353 e. The van der Waals surface area contributed by atoms with Gasteiger partial charge in [0.05, 0.1) is 0 Å². The fraction of sp³-hybridized carbons (Fsp3) is 0.714. The van der Waals surface area contributed by atoms with Crippen molar-refractivity contribution in [1.82, 2.24) is 9.97 Å². The van der Waals surface area contributed by atoms with Gasteiger partial charge in [-0.25, -0.2) is 10.8 Å². The van der Waals surface area contributed by atoms with Crippen LogP contribution in [0.4, 0.5) is 11.8 Å². The first-order valence-corrected chi connectivity index (χ1v) is 7.36. The third-order valence-corrected chi connectivity index (χ3v) is 4.59. The molecule has 0 amide bonds. The van der Waals surface area contributed by atoms with Gasteiger partial charge in [-0.2, -0.15) is 4.98 Å².